The highest BCUT2D eigenvalue weighted by atomic mass is 16.2. The van der Waals surface area contributed by atoms with E-state index >= 15 is 0 Å². The number of carbonyl (C=O) groups is 1. The first-order valence-electron chi connectivity index (χ1n) is 7.00. The molecule has 2 aromatic heterocycles. The second kappa shape index (κ2) is 4.77. The van der Waals surface area contributed by atoms with Gasteiger partial charge < -0.3 is 5.32 Å². The Bertz CT molecular complexity index is 667. The summed E-state index contributed by atoms with van der Waals surface area (Å²) in [6.07, 6.45) is 3.11. The maximum absolute atomic E-state index is 12.3. The van der Waals surface area contributed by atoms with E-state index in [-0.39, 0.29) is 5.91 Å². The lowest BCUT2D eigenvalue weighted by atomic mass is 10.2. The topological polar surface area (TPSA) is 64.7 Å². The molecule has 0 aromatic carbocycles. The molecular formula is C14H19N5O. The number of rotatable bonds is 3. The average molecular weight is 273 g/mol. The summed E-state index contributed by atoms with van der Waals surface area (Å²) in [6, 6.07) is 1.81. The average Bonchev–Trinajstić information content (AvgIpc) is 3.07. The van der Waals surface area contributed by atoms with Crippen molar-refractivity contribution in [3.05, 3.63) is 28.7 Å². The number of hydrogen-bond acceptors (Lipinski definition) is 3. The molecule has 0 saturated heterocycles. The van der Waals surface area contributed by atoms with Crippen molar-refractivity contribution in [2.75, 3.05) is 5.32 Å². The number of carbonyl (C=O) groups excluding carboxylic acids is 1. The number of hydrogen-bond donors (Lipinski definition) is 1. The first kappa shape index (κ1) is 12.9. The molecule has 0 radical (unpaired) electrons. The largest absolute Gasteiger partial charge is 0.305 e. The van der Waals surface area contributed by atoms with Gasteiger partial charge in [0.1, 0.15) is 5.82 Å². The lowest BCUT2D eigenvalue weighted by Gasteiger charge is -2.05. The molecule has 2 heterocycles. The van der Waals surface area contributed by atoms with Crippen LogP contribution >= 0.6 is 0 Å². The summed E-state index contributed by atoms with van der Waals surface area (Å²) in [5.41, 5.74) is 3.73. The fraction of sp³-hybridized carbons (Fsp3) is 0.500. The number of aryl methyl sites for hydroxylation is 4. The fourth-order valence-electron chi connectivity index (χ4n) is 2.79. The van der Waals surface area contributed by atoms with E-state index in [0.717, 1.165) is 43.0 Å². The summed E-state index contributed by atoms with van der Waals surface area (Å²) in [5, 5.41) is 11.7. The standard InChI is InChI=1S/C14H19N5O/c1-4-19-9(2)8-12(17-19)14(20)15-13-10-6-5-7-11(10)16-18(13)3/h8H,4-7H2,1-3H3,(H,15,20). The van der Waals surface area contributed by atoms with Crippen LogP contribution in [0.25, 0.3) is 0 Å². The van der Waals surface area contributed by atoms with E-state index in [1.54, 1.807) is 4.68 Å². The zero-order valence-corrected chi connectivity index (χ0v) is 12.1. The zero-order chi connectivity index (χ0) is 14.3. The lowest BCUT2D eigenvalue weighted by molar-refractivity contribution is 0.102. The Hall–Kier alpha value is -2.11. The highest BCUT2D eigenvalue weighted by Crippen LogP contribution is 2.28. The summed E-state index contributed by atoms with van der Waals surface area (Å²) in [7, 11) is 1.86. The Kier molecular flexibility index (Phi) is 3.08. The number of aromatic nitrogens is 4. The van der Waals surface area contributed by atoms with Crippen LogP contribution in [0, 0.1) is 6.92 Å². The molecule has 106 valence electrons. The molecule has 0 saturated carbocycles. The molecular weight excluding hydrogens is 254 g/mol. The molecule has 0 spiro atoms. The van der Waals surface area contributed by atoms with Gasteiger partial charge in [-0.15, -0.1) is 0 Å². The van der Waals surface area contributed by atoms with E-state index < -0.39 is 0 Å². The van der Waals surface area contributed by atoms with E-state index in [0.29, 0.717) is 5.69 Å². The van der Waals surface area contributed by atoms with Crippen molar-refractivity contribution in [3.8, 4) is 0 Å². The first-order valence-corrected chi connectivity index (χ1v) is 7.00. The van der Waals surface area contributed by atoms with Crippen LogP contribution < -0.4 is 5.32 Å². The predicted octanol–water partition coefficient (Wildman–Crippen LogP) is 1.69. The SMILES string of the molecule is CCn1nc(C(=O)Nc2c3c(nn2C)CCC3)cc1C. The molecule has 1 aliphatic carbocycles. The minimum Gasteiger partial charge on any atom is -0.305 e. The fourth-order valence-corrected chi connectivity index (χ4v) is 2.79. The van der Waals surface area contributed by atoms with Crippen LogP contribution in [0.15, 0.2) is 6.07 Å². The molecule has 6 heteroatoms. The molecule has 0 atom stereocenters. The minimum atomic E-state index is -0.169. The summed E-state index contributed by atoms with van der Waals surface area (Å²) in [5.74, 6) is 0.643. The van der Waals surface area contributed by atoms with E-state index in [1.165, 1.54) is 5.56 Å². The monoisotopic (exact) mass is 273 g/mol. The van der Waals surface area contributed by atoms with Crippen LogP contribution in [0.4, 0.5) is 5.82 Å². The van der Waals surface area contributed by atoms with Crippen LogP contribution in [0.3, 0.4) is 0 Å². The maximum atomic E-state index is 12.3. The predicted molar refractivity (Wildman–Crippen MR) is 75.8 cm³/mol. The number of fused-ring (bicyclic) bond motifs is 1. The number of nitrogens with one attached hydrogen (secondary N) is 1. The molecule has 6 nitrogen and oxygen atoms in total. The van der Waals surface area contributed by atoms with Gasteiger partial charge in [0.05, 0.1) is 5.69 Å². The van der Waals surface area contributed by atoms with Gasteiger partial charge in [-0.25, -0.2) is 0 Å². The van der Waals surface area contributed by atoms with Gasteiger partial charge in [0.2, 0.25) is 0 Å². The van der Waals surface area contributed by atoms with Gasteiger partial charge in [-0.2, -0.15) is 10.2 Å². The molecule has 20 heavy (non-hydrogen) atoms. The Labute approximate surface area is 117 Å². The molecule has 0 bridgehead atoms. The van der Waals surface area contributed by atoms with E-state index in [2.05, 4.69) is 15.5 Å². The molecule has 3 rings (SSSR count). The van der Waals surface area contributed by atoms with Crippen LogP contribution in [-0.4, -0.2) is 25.5 Å². The van der Waals surface area contributed by atoms with Crippen molar-refractivity contribution in [2.24, 2.45) is 7.05 Å². The number of nitrogens with zero attached hydrogens (tertiary/aromatic N) is 4. The van der Waals surface area contributed by atoms with Crippen LogP contribution in [0.2, 0.25) is 0 Å². The molecule has 0 fully saturated rings. The lowest BCUT2D eigenvalue weighted by Crippen LogP contribution is -2.16. The van der Waals surface area contributed by atoms with Crippen LogP contribution in [0.1, 0.15) is 40.8 Å². The van der Waals surface area contributed by atoms with Crippen molar-refractivity contribution in [1.29, 1.82) is 0 Å². The Balaban J connectivity index is 1.86. The second-order valence-electron chi connectivity index (χ2n) is 5.19. The van der Waals surface area contributed by atoms with E-state index in [9.17, 15) is 4.79 Å². The zero-order valence-electron chi connectivity index (χ0n) is 12.1. The maximum Gasteiger partial charge on any atom is 0.277 e. The van der Waals surface area contributed by atoms with Crippen molar-refractivity contribution in [2.45, 2.75) is 39.7 Å². The smallest absolute Gasteiger partial charge is 0.277 e. The van der Waals surface area contributed by atoms with Crippen molar-refractivity contribution >= 4 is 11.7 Å². The van der Waals surface area contributed by atoms with E-state index in [1.807, 2.05) is 31.6 Å². The summed E-state index contributed by atoms with van der Waals surface area (Å²) < 4.78 is 3.58. The van der Waals surface area contributed by atoms with Gasteiger partial charge in [-0.05, 0) is 39.2 Å². The summed E-state index contributed by atoms with van der Waals surface area (Å²) >= 11 is 0. The minimum absolute atomic E-state index is 0.169. The van der Waals surface area contributed by atoms with Crippen molar-refractivity contribution < 1.29 is 4.79 Å². The molecule has 1 amide bonds. The molecule has 1 aliphatic rings. The van der Waals surface area contributed by atoms with Gasteiger partial charge >= 0.3 is 0 Å². The number of anilines is 1. The Morgan fingerprint density at radius 2 is 2.20 bits per heavy atom. The van der Waals surface area contributed by atoms with Gasteiger partial charge in [0.15, 0.2) is 5.69 Å². The highest BCUT2D eigenvalue weighted by Gasteiger charge is 2.23. The van der Waals surface area contributed by atoms with Crippen molar-refractivity contribution in [3.63, 3.8) is 0 Å². The van der Waals surface area contributed by atoms with E-state index in [4.69, 9.17) is 0 Å². The van der Waals surface area contributed by atoms with Gasteiger partial charge in [-0.3, -0.25) is 14.2 Å². The van der Waals surface area contributed by atoms with Crippen molar-refractivity contribution in [1.82, 2.24) is 19.6 Å². The van der Waals surface area contributed by atoms with Crippen LogP contribution in [0.5, 0.6) is 0 Å². The normalized spacial score (nSPS) is 13.6. The van der Waals surface area contributed by atoms with Gasteiger partial charge in [0, 0.05) is 24.8 Å². The molecule has 1 N–H and O–H groups in total. The van der Waals surface area contributed by atoms with Crippen LogP contribution in [-0.2, 0) is 26.4 Å². The third-order valence-corrected chi connectivity index (χ3v) is 3.81. The third-order valence-electron chi connectivity index (χ3n) is 3.81. The quantitative estimate of drug-likeness (QED) is 0.925. The first-order chi connectivity index (χ1) is 9.60. The Morgan fingerprint density at radius 3 is 2.90 bits per heavy atom. The summed E-state index contributed by atoms with van der Waals surface area (Å²) in [6.45, 7) is 4.73. The molecule has 2 aromatic rings. The Morgan fingerprint density at radius 1 is 1.40 bits per heavy atom. The number of amides is 1. The highest BCUT2D eigenvalue weighted by molar-refractivity contribution is 6.02. The second-order valence-corrected chi connectivity index (χ2v) is 5.19. The van der Waals surface area contributed by atoms with Gasteiger partial charge in [-0.1, -0.05) is 0 Å². The third kappa shape index (κ3) is 2.01. The molecule has 0 unspecified atom stereocenters. The van der Waals surface area contributed by atoms with Gasteiger partial charge in [0.25, 0.3) is 5.91 Å². The molecule has 0 aliphatic heterocycles. The summed E-state index contributed by atoms with van der Waals surface area (Å²) in [4.78, 5) is 12.3.